The summed E-state index contributed by atoms with van der Waals surface area (Å²) in [7, 11) is 1.61. The number of nitrogens with one attached hydrogen (secondary N) is 2. The van der Waals surface area contributed by atoms with Crippen LogP contribution in [0.1, 0.15) is 5.56 Å². The highest BCUT2D eigenvalue weighted by atomic mass is 32.1. The van der Waals surface area contributed by atoms with Crippen molar-refractivity contribution in [1.29, 1.82) is 0 Å². The second-order valence-electron chi connectivity index (χ2n) is 5.97. The van der Waals surface area contributed by atoms with Crippen molar-refractivity contribution in [3.8, 4) is 17.2 Å². The summed E-state index contributed by atoms with van der Waals surface area (Å²) in [5.74, 6) is 1.88. The van der Waals surface area contributed by atoms with Gasteiger partial charge >= 0.3 is 0 Å². The Labute approximate surface area is 178 Å². The number of nitro groups is 1. The van der Waals surface area contributed by atoms with Crippen LogP contribution in [0.5, 0.6) is 17.2 Å². The molecule has 0 bridgehead atoms. The third kappa shape index (κ3) is 6.01. The van der Waals surface area contributed by atoms with Gasteiger partial charge in [0.25, 0.3) is 5.69 Å². The van der Waals surface area contributed by atoms with E-state index in [-0.39, 0.29) is 5.69 Å². The number of rotatable bonds is 7. The lowest BCUT2D eigenvalue weighted by atomic mass is 10.2. The lowest BCUT2D eigenvalue weighted by Gasteiger charge is -2.08. The zero-order valence-corrected chi connectivity index (χ0v) is 16.8. The SMILES string of the molecule is COc1ccc(NC(=S)N/N=C/c2ccc(Oc3ccc([N+](=O)[O-])cc3)cc2)cc1. The van der Waals surface area contributed by atoms with Gasteiger partial charge in [-0.15, -0.1) is 0 Å². The number of anilines is 1. The average Bonchev–Trinajstić information content (AvgIpc) is 2.76. The third-order valence-corrected chi connectivity index (χ3v) is 4.08. The standard InChI is InChI=1S/C21H18N4O4S/c1-28-18-10-4-16(5-11-18)23-21(30)24-22-14-15-2-8-19(9-3-15)29-20-12-6-17(7-13-20)25(26)27/h2-14H,1H3,(H2,23,24,30)/b22-14+. The van der Waals surface area contributed by atoms with Crippen LogP contribution >= 0.6 is 12.2 Å². The topological polar surface area (TPSA) is 98.0 Å². The molecule has 0 unspecified atom stereocenters. The molecule has 3 aromatic carbocycles. The fourth-order valence-electron chi connectivity index (χ4n) is 2.39. The molecule has 0 aromatic heterocycles. The van der Waals surface area contributed by atoms with E-state index in [1.54, 1.807) is 37.6 Å². The first kappa shape index (κ1) is 20.7. The van der Waals surface area contributed by atoms with Gasteiger partial charge in [-0.05, 0) is 78.4 Å². The molecule has 2 N–H and O–H groups in total. The van der Waals surface area contributed by atoms with Gasteiger partial charge in [-0.2, -0.15) is 5.10 Å². The van der Waals surface area contributed by atoms with Crippen molar-refractivity contribution >= 4 is 34.9 Å². The molecule has 152 valence electrons. The molecule has 0 aliphatic rings. The van der Waals surface area contributed by atoms with E-state index in [1.165, 1.54) is 12.1 Å². The van der Waals surface area contributed by atoms with Crippen LogP contribution in [0.3, 0.4) is 0 Å². The predicted molar refractivity (Wildman–Crippen MR) is 120 cm³/mol. The number of thiocarbonyl (C=S) groups is 1. The van der Waals surface area contributed by atoms with Gasteiger partial charge in [0, 0.05) is 17.8 Å². The van der Waals surface area contributed by atoms with Gasteiger partial charge in [0.2, 0.25) is 0 Å². The first-order valence-electron chi connectivity index (χ1n) is 8.80. The monoisotopic (exact) mass is 422 g/mol. The Morgan fingerprint density at radius 2 is 1.53 bits per heavy atom. The van der Waals surface area contributed by atoms with Crippen LogP contribution in [0.2, 0.25) is 0 Å². The molecule has 3 aromatic rings. The highest BCUT2D eigenvalue weighted by Crippen LogP contribution is 2.23. The maximum Gasteiger partial charge on any atom is 0.269 e. The van der Waals surface area contributed by atoms with Crippen LogP contribution in [-0.4, -0.2) is 23.4 Å². The molecule has 9 heteroatoms. The predicted octanol–water partition coefficient (Wildman–Crippen LogP) is 4.72. The van der Waals surface area contributed by atoms with Gasteiger partial charge in [-0.1, -0.05) is 0 Å². The van der Waals surface area contributed by atoms with E-state index < -0.39 is 4.92 Å². The maximum absolute atomic E-state index is 10.7. The molecule has 0 radical (unpaired) electrons. The Kier molecular flexibility index (Phi) is 6.91. The number of nitrogens with zero attached hydrogens (tertiary/aromatic N) is 2. The summed E-state index contributed by atoms with van der Waals surface area (Å²) in [6.45, 7) is 0. The molecule has 3 rings (SSSR count). The summed E-state index contributed by atoms with van der Waals surface area (Å²) < 4.78 is 10.8. The van der Waals surface area contributed by atoms with Crippen molar-refractivity contribution in [2.45, 2.75) is 0 Å². The van der Waals surface area contributed by atoms with Gasteiger partial charge in [0.15, 0.2) is 5.11 Å². The Morgan fingerprint density at radius 3 is 2.10 bits per heavy atom. The Hall–Kier alpha value is -3.98. The number of non-ortho nitro benzene ring substituents is 1. The smallest absolute Gasteiger partial charge is 0.269 e. The Balaban J connectivity index is 1.50. The number of methoxy groups -OCH3 is 1. The molecule has 0 aliphatic carbocycles. The van der Waals surface area contributed by atoms with Crippen LogP contribution < -0.4 is 20.2 Å². The molecular formula is C21H18N4O4S. The minimum atomic E-state index is -0.454. The number of hydrogen-bond acceptors (Lipinski definition) is 6. The first-order chi connectivity index (χ1) is 14.5. The van der Waals surface area contributed by atoms with E-state index in [1.807, 2.05) is 36.4 Å². The Morgan fingerprint density at radius 1 is 0.967 bits per heavy atom. The second kappa shape index (κ2) is 9.99. The summed E-state index contributed by atoms with van der Waals surface area (Å²) in [6.07, 6.45) is 1.62. The molecule has 0 saturated carbocycles. The molecule has 0 aliphatic heterocycles. The number of ether oxygens (including phenoxy) is 2. The Bertz CT molecular complexity index is 1040. The number of hydrazone groups is 1. The van der Waals surface area contributed by atoms with Gasteiger partial charge in [-0.3, -0.25) is 15.5 Å². The van der Waals surface area contributed by atoms with Crippen molar-refractivity contribution in [3.63, 3.8) is 0 Å². The molecule has 8 nitrogen and oxygen atoms in total. The minimum absolute atomic E-state index is 0.0146. The number of benzene rings is 3. The fourth-order valence-corrected chi connectivity index (χ4v) is 2.56. The summed E-state index contributed by atoms with van der Waals surface area (Å²) >= 11 is 5.20. The van der Waals surface area contributed by atoms with E-state index in [4.69, 9.17) is 21.7 Å². The zero-order valence-electron chi connectivity index (χ0n) is 15.9. The summed E-state index contributed by atoms with van der Waals surface area (Å²) in [5.41, 5.74) is 4.42. The van der Waals surface area contributed by atoms with E-state index >= 15 is 0 Å². The van der Waals surface area contributed by atoms with Gasteiger partial charge in [-0.25, -0.2) is 0 Å². The van der Waals surface area contributed by atoms with E-state index in [2.05, 4.69) is 15.8 Å². The van der Waals surface area contributed by atoms with Crippen molar-refractivity contribution in [2.24, 2.45) is 5.10 Å². The molecule has 0 heterocycles. The lowest BCUT2D eigenvalue weighted by molar-refractivity contribution is -0.384. The first-order valence-corrected chi connectivity index (χ1v) is 9.21. The highest BCUT2D eigenvalue weighted by Gasteiger charge is 2.05. The number of nitro benzene ring substituents is 1. The van der Waals surface area contributed by atoms with E-state index in [9.17, 15) is 10.1 Å². The van der Waals surface area contributed by atoms with Crippen molar-refractivity contribution in [3.05, 3.63) is 88.5 Å². The number of hydrogen-bond donors (Lipinski definition) is 2. The molecule has 0 fully saturated rings. The summed E-state index contributed by atoms with van der Waals surface area (Å²) in [6, 6.07) is 20.4. The molecule has 30 heavy (non-hydrogen) atoms. The van der Waals surface area contributed by atoms with Gasteiger partial charge < -0.3 is 14.8 Å². The van der Waals surface area contributed by atoms with E-state index in [0.717, 1.165) is 17.0 Å². The van der Waals surface area contributed by atoms with E-state index in [0.29, 0.717) is 16.6 Å². The molecule has 0 atom stereocenters. The fraction of sp³-hybridized carbons (Fsp3) is 0.0476. The highest BCUT2D eigenvalue weighted by molar-refractivity contribution is 7.80. The molecule has 0 saturated heterocycles. The van der Waals surface area contributed by atoms with Crippen LogP contribution in [0.4, 0.5) is 11.4 Å². The molecular weight excluding hydrogens is 404 g/mol. The summed E-state index contributed by atoms with van der Waals surface area (Å²) in [5, 5.41) is 18.2. The van der Waals surface area contributed by atoms with Crippen molar-refractivity contribution < 1.29 is 14.4 Å². The van der Waals surface area contributed by atoms with Crippen molar-refractivity contribution in [2.75, 3.05) is 12.4 Å². The normalized spacial score (nSPS) is 10.4. The average molecular weight is 422 g/mol. The molecule has 0 amide bonds. The summed E-state index contributed by atoms with van der Waals surface area (Å²) in [4.78, 5) is 10.2. The van der Waals surface area contributed by atoms with Crippen LogP contribution in [0, 0.1) is 10.1 Å². The molecule has 0 spiro atoms. The van der Waals surface area contributed by atoms with Crippen LogP contribution in [0.15, 0.2) is 77.9 Å². The minimum Gasteiger partial charge on any atom is -0.497 e. The second-order valence-corrected chi connectivity index (χ2v) is 6.38. The van der Waals surface area contributed by atoms with Gasteiger partial charge in [0.05, 0.1) is 18.2 Å². The third-order valence-electron chi connectivity index (χ3n) is 3.89. The van der Waals surface area contributed by atoms with Crippen LogP contribution in [-0.2, 0) is 0 Å². The van der Waals surface area contributed by atoms with Gasteiger partial charge in [0.1, 0.15) is 17.2 Å². The maximum atomic E-state index is 10.7. The quantitative estimate of drug-likeness (QED) is 0.246. The van der Waals surface area contributed by atoms with Crippen LogP contribution in [0.25, 0.3) is 0 Å². The largest absolute Gasteiger partial charge is 0.497 e. The zero-order chi connectivity index (χ0) is 21.3. The van der Waals surface area contributed by atoms with Crippen molar-refractivity contribution in [1.82, 2.24) is 5.43 Å². The lowest BCUT2D eigenvalue weighted by Crippen LogP contribution is -2.23.